The number of nitrogens with two attached hydrogens (primary N) is 1. The Hall–Kier alpha value is -1.97. The van der Waals surface area contributed by atoms with Crippen LogP contribution in [0.2, 0.25) is 0 Å². The third-order valence-corrected chi connectivity index (χ3v) is 2.48. The van der Waals surface area contributed by atoms with Crippen molar-refractivity contribution in [1.29, 1.82) is 0 Å². The number of hydrogen-bond acceptors (Lipinski definition) is 2. The van der Waals surface area contributed by atoms with Crippen molar-refractivity contribution in [3.8, 4) is 0 Å². The topological polar surface area (TPSA) is 68.2 Å². The van der Waals surface area contributed by atoms with Crippen molar-refractivity contribution in [2.24, 2.45) is 0 Å². The lowest BCUT2D eigenvalue weighted by Crippen LogP contribution is -2.00. The van der Waals surface area contributed by atoms with Gasteiger partial charge in [0, 0.05) is 23.8 Å². The molecule has 2 aromatic rings. The zero-order valence-corrected chi connectivity index (χ0v) is 8.40. The standard InChI is InChI=1S/C11H12N2O2/c1-2-13-4-3-8-9(11(14)15)5-7(12)6-10(8)13/h3-6H,2,12H2,1H3,(H,14,15). The molecule has 2 rings (SSSR count). The van der Waals surface area contributed by atoms with Crippen LogP contribution in [0.25, 0.3) is 10.9 Å². The van der Waals surface area contributed by atoms with Crippen LogP contribution >= 0.6 is 0 Å². The highest BCUT2D eigenvalue weighted by Gasteiger charge is 2.11. The van der Waals surface area contributed by atoms with Crippen molar-refractivity contribution in [3.05, 3.63) is 30.0 Å². The number of aryl methyl sites for hydroxylation is 1. The molecule has 0 spiro atoms. The molecule has 0 aliphatic rings. The van der Waals surface area contributed by atoms with Crippen molar-refractivity contribution in [2.45, 2.75) is 13.5 Å². The van der Waals surface area contributed by atoms with Crippen LogP contribution in [0, 0.1) is 0 Å². The summed E-state index contributed by atoms with van der Waals surface area (Å²) in [5.74, 6) is -0.943. The summed E-state index contributed by atoms with van der Waals surface area (Å²) in [4.78, 5) is 11.0. The summed E-state index contributed by atoms with van der Waals surface area (Å²) in [6.45, 7) is 2.80. The normalized spacial score (nSPS) is 10.7. The number of fused-ring (bicyclic) bond motifs is 1. The van der Waals surface area contributed by atoms with E-state index in [-0.39, 0.29) is 5.56 Å². The molecular weight excluding hydrogens is 192 g/mol. The zero-order chi connectivity index (χ0) is 11.0. The Bertz CT molecular complexity index is 529. The average molecular weight is 204 g/mol. The molecule has 0 aliphatic heterocycles. The quantitative estimate of drug-likeness (QED) is 0.734. The van der Waals surface area contributed by atoms with Crippen LogP contribution in [0.1, 0.15) is 17.3 Å². The molecule has 1 heterocycles. The van der Waals surface area contributed by atoms with E-state index in [1.165, 1.54) is 6.07 Å². The minimum Gasteiger partial charge on any atom is -0.478 e. The molecule has 0 saturated heterocycles. The van der Waals surface area contributed by atoms with Crippen molar-refractivity contribution < 1.29 is 9.90 Å². The van der Waals surface area contributed by atoms with E-state index in [1.807, 2.05) is 23.8 Å². The maximum Gasteiger partial charge on any atom is 0.336 e. The molecule has 1 aromatic heterocycles. The van der Waals surface area contributed by atoms with Gasteiger partial charge in [0.25, 0.3) is 0 Å². The predicted molar refractivity (Wildman–Crippen MR) is 59.0 cm³/mol. The average Bonchev–Trinajstić information content (AvgIpc) is 2.58. The predicted octanol–water partition coefficient (Wildman–Crippen LogP) is 1.94. The minimum absolute atomic E-state index is 0.261. The molecule has 3 N–H and O–H groups in total. The first-order valence-corrected chi connectivity index (χ1v) is 4.75. The number of aromatic nitrogens is 1. The smallest absolute Gasteiger partial charge is 0.336 e. The molecule has 0 amide bonds. The van der Waals surface area contributed by atoms with Gasteiger partial charge in [-0.15, -0.1) is 0 Å². The van der Waals surface area contributed by atoms with E-state index in [1.54, 1.807) is 6.07 Å². The summed E-state index contributed by atoms with van der Waals surface area (Å²) in [6, 6.07) is 5.09. The summed E-state index contributed by atoms with van der Waals surface area (Å²) in [5.41, 5.74) is 7.28. The van der Waals surface area contributed by atoms with Gasteiger partial charge in [0.2, 0.25) is 0 Å². The Kier molecular flexibility index (Phi) is 2.11. The fraction of sp³-hybridized carbons (Fsp3) is 0.182. The van der Waals surface area contributed by atoms with Crippen LogP contribution < -0.4 is 5.73 Å². The van der Waals surface area contributed by atoms with Crippen LogP contribution in [-0.4, -0.2) is 15.6 Å². The van der Waals surface area contributed by atoms with E-state index in [0.717, 1.165) is 17.4 Å². The Morgan fingerprint density at radius 3 is 2.87 bits per heavy atom. The molecule has 1 aromatic carbocycles. The van der Waals surface area contributed by atoms with E-state index in [2.05, 4.69) is 0 Å². The Balaban J connectivity index is 2.82. The number of carboxylic acid groups (broad SMARTS) is 1. The molecule has 4 heteroatoms. The molecule has 0 atom stereocenters. The van der Waals surface area contributed by atoms with E-state index in [0.29, 0.717) is 5.69 Å². The number of rotatable bonds is 2. The number of carbonyl (C=O) groups is 1. The molecule has 0 radical (unpaired) electrons. The first kappa shape index (κ1) is 9.58. The summed E-state index contributed by atoms with van der Waals surface area (Å²) < 4.78 is 1.97. The van der Waals surface area contributed by atoms with Crippen LogP contribution in [0.4, 0.5) is 5.69 Å². The molecule has 0 unspecified atom stereocenters. The maximum absolute atomic E-state index is 11.0. The molecule has 0 fully saturated rings. The number of benzene rings is 1. The molecule has 0 saturated carbocycles. The Morgan fingerprint density at radius 2 is 2.27 bits per heavy atom. The lowest BCUT2D eigenvalue weighted by Gasteiger charge is -2.04. The molecule has 78 valence electrons. The first-order valence-electron chi connectivity index (χ1n) is 4.75. The van der Waals surface area contributed by atoms with Gasteiger partial charge in [0.15, 0.2) is 0 Å². The van der Waals surface area contributed by atoms with Gasteiger partial charge < -0.3 is 15.4 Å². The Morgan fingerprint density at radius 1 is 1.53 bits per heavy atom. The van der Waals surface area contributed by atoms with Crippen molar-refractivity contribution in [1.82, 2.24) is 4.57 Å². The number of carboxylic acids is 1. The van der Waals surface area contributed by atoms with Crippen LogP contribution in [-0.2, 0) is 6.54 Å². The number of aromatic carboxylic acids is 1. The number of anilines is 1. The van der Waals surface area contributed by atoms with Crippen LogP contribution in [0.3, 0.4) is 0 Å². The van der Waals surface area contributed by atoms with Gasteiger partial charge in [0.05, 0.1) is 11.1 Å². The molecule has 0 bridgehead atoms. The lowest BCUT2D eigenvalue weighted by atomic mass is 10.1. The van der Waals surface area contributed by atoms with Gasteiger partial charge in [-0.1, -0.05) is 0 Å². The van der Waals surface area contributed by atoms with Gasteiger partial charge >= 0.3 is 5.97 Å². The summed E-state index contributed by atoms with van der Waals surface area (Å²) in [7, 11) is 0. The van der Waals surface area contributed by atoms with Crippen LogP contribution in [0.15, 0.2) is 24.4 Å². The van der Waals surface area contributed by atoms with Gasteiger partial charge in [0.1, 0.15) is 0 Å². The molecule has 15 heavy (non-hydrogen) atoms. The van der Waals surface area contributed by atoms with Crippen LogP contribution in [0.5, 0.6) is 0 Å². The largest absolute Gasteiger partial charge is 0.478 e. The maximum atomic E-state index is 11.0. The highest BCUT2D eigenvalue weighted by Crippen LogP contribution is 2.23. The summed E-state index contributed by atoms with van der Waals surface area (Å²) in [5, 5.41) is 9.76. The second-order valence-electron chi connectivity index (χ2n) is 3.41. The second-order valence-corrected chi connectivity index (χ2v) is 3.41. The summed E-state index contributed by atoms with van der Waals surface area (Å²) in [6.07, 6.45) is 1.87. The lowest BCUT2D eigenvalue weighted by molar-refractivity contribution is 0.0699. The van der Waals surface area contributed by atoms with Gasteiger partial charge in [-0.2, -0.15) is 0 Å². The third kappa shape index (κ3) is 1.44. The number of nitrogen functional groups attached to an aromatic ring is 1. The zero-order valence-electron chi connectivity index (χ0n) is 8.40. The van der Waals surface area contributed by atoms with Gasteiger partial charge in [-0.3, -0.25) is 0 Å². The third-order valence-electron chi connectivity index (χ3n) is 2.48. The monoisotopic (exact) mass is 204 g/mol. The highest BCUT2D eigenvalue weighted by molar-refractivity contribution is 6.04. The minimum atomic E-state index is -0.943. The van der Waals surface area contributed by atoms with E-state index >= 15 is 0 Å². The number of nitrogens with zero attached hydrogens (tertiary/aromatic N) is 1. The second kappa shape index (κ2) is 3.31. The van der Waals surface area contributed by atoms with E-state index in [4.69, 9.17) is 10.8 Å². The van der Waals surface area contributed by atoms with Crippen molar-refractivity contribution in [2.75, 3.05) is 5.73 Å². The first-order chi connectivity index (χ1) is 7.13. The highest BCUT2D eigenvalue weighted by atomic mass is 16.4. The molecular formula is C11H12N2O2. The fourth-order valence-electron chi connectivity index (χ4n) is 1.77. The van der Waals surface area contributed by atoms with E-state index < -0.39 is 5.97 Å². The van der Waals surface area contributed by atoms with Gasteiger partial charge in [-0.25, -0.2) is 4.79 Å². The Labute approximate surface area is 86.9 Å². The van der Waals surface area contributed by atoms with Crippen molar-refractivity contribution >= 4 is 22.6 Å². The molecule has 0 aliphatic carbocycles. The fourth-order valence-corrected chi connectivity index (χ4v) is 1.77. The van der Waals surface area contributed by atoms with Crippen molar-refractivity contribution in [3.63, 3.8) is 0 Å². The SMILES string of the molecule is CCn1ccc2c(C(=O)O)cc(N)cc21. The summed E-state index contributed by atoms with van der Waals surface area (Å²) >= 11 is 0. The van der Waals surface area contributed by atoms with E-state index in [9.17, 15) is 4.79 Å². The van der Waals surface area contributed by atoms with Gasteiger partial charge in [-0.05, 0) is 25.1 Å². The number of hydrogen-bond donors (Lipinski definition) is 2. The molecule has 4 nitrogen and oxygen atoms in total.